The summed E-state index contributed by atoms with van der Waals surface area (Å²) in [5, 5.41) is 3.31. The lowest BCUT2D eigenvalue weighted by atomic mass is 10.2. The molecule has 1 amide bonds. The molecule has 6 rings (SSSR count). The highest BCUT2D eigenvalue weighted by Gasteiger charge is 2.61. The van der Waals surface area contributed by atoms with E-state index in [9.17, 15) is 22.4 Å². The van der Waals surface area contributed by atoms with Gasteiger partial charge in [-0.1, -0.05) is 0 Å². The van der Waals surface area contributed by atoms with Crippen molar-refractivity contribution in [2.75, 3.05) is 49.6 Å². The molecule has 2 unspecified atom stereocenters. The molecule has 3 heterocycles. The predicted octanol–water partition coefficient (Wildman–Crippen LogP) is 2.27. The van der Waals surface area contributed by atoms with E-state index in [0.717, 1.165) is 0 Å². The average Bonchev–Trinajstić information content (AvgIpc) is 3.37. The number of ether oxygens (including phenoxy) is 1. The normalized spacial score (nSPS) is 24.0. The highest BCUT2D eigenvalue weighted by Crippen LogP contribution is 2.53. The highest BCUT2D eigenvalue weighted by atomic mass is 32.2. The van der Waals surface area contributed by atoms with Crippen LogP contribution in [0, 0.1) is 23.6 Å². The number of sulfonamides is 1. The largest absolute Gasteiger partial charge is 0.423 e. The number of nitrogens with zero attached hydrogens (tertiary/aromatic N) is 2. The summed E-state index contributed by atoms with van der Waals surface area (Å²) in [4.78, 5) is 26.2. The van der Waals surface area contributed by atoms with Crippen molar-refractivity contribution in [3.8, 4) is 0 Å². The fourth-order valence-corrected chi connectivity index (χ4v) is 6.85. The van der Waals surface area contributed by atoms with E-state index in [2.05, 4.69) is 5.32 Å². The average molecular weight is 514 g/mol. The maximum absolute atomic E-state index is 14.7. The number of carbonyl (C=O) groups is 1. The van der Waals surface area contributed by atoms with E-state index in [0.29, 0.717) is 48.6 Å². The number of hydrogen-bond acceptors (Lipinski definition) is 7. The van der Waals surface area contributed by atoms with Crippen molar-refractivity contribution in [1.29, 1.82) is 0 Å². The number of carbonyl (C=O) groups excluding carboxylic acids is 1. The molecule has 11 heteroatoms. The van der Waals surface area contributed by atoms with Crippen molar-refractivity contribution in [3.63, 3.8) is 0 Å². The van der Waals surface area contributed by atoms with Crippen LogP contribution in [0.2, 0.25) is 0 Å². The molecule has 1 N–H and O–H groups in total. The maximum atomic E-state index is 14.7. The second-order valence-corrected chi connectivity index (χ2v) is 11.3. The zero-order valence-electron chi connectivity index (χ0n) is 19.2. The van der Waals surface area contributed by atoms with Gasteiger partial charge in [0.2, 0.25) is 15.9 Å². The number of amides is 1. The van der Waals surface area contributed by atoms with Gasteiger partial charge in [0.25, 0.3) is 0 Å². The molecule has 3 aromatic rings. The molecule has 0 radical (unpaired) electrons. The molecule has 0 spiro atoms. The van der Waals surface area contributed by atoms with Crippen molar-refractivity contribution in [1.82, 2.24) is 4.31 Å². The monoisotopic (exact) mass is 513 g/mol. The van der Waals surface area contributed by atoms with Gasteiger partial charge < -0.3 is 19.4 Å². The summed E-state index contributed by atoms with van der Waals surface area (Å²) in [7, 11) is -3.75. The van der Waals surface area contributed by atoms with E-state index in [1.54, 1.807) is 12.1 Å². The fourth-order valence-electron chi connectivity index (χ4n) is 5.30. The Bertz CT molecular complexity index is 1510. The first-order chi connectivity index (χ1) is 17.3. The van der Waals surface area contributed by atoms with Crippen molar-refractivity contribution >= 4 is 38.3 Å². The van der Waals surface area contributed by atoms with Crippen LogP contribution in [0.5, 0.6) is 0 Å². The quantitative estimate of drug-likeness (QED) is 0.522. The van der Waals surface area contributed by atoms with Crippen molar-refractivity contribution in [2.24, 2.45) is 17.8 Å². The van der Waals surface area contributed by atoms with E-state index in [1.165, 1.54) is 40.7 Å². The van der Waals surface area contributed by atoms with Gasteiger partial charge in [0.05, 0.1) is 23.8 Å². The van der Waals surface area contributed by atoms with Crippen LogP contribution in [0.4, 0.5) is 15.8 Å². The molecule has 2 saturated heterocycles. The van der Waals surface area contributed by atoms with Crippen molar-refractivity contribution in [3.05, 3.63) is 64.8 Å². The molecule has 2 aromatic carbocycles. The van der Waals surface area contributed by atoms with Gasteiger partial charge in [-0.05, 0) is 54.3 Å². The van der Waals surface area contributed by atoms with Gasteiger partial charge in [-0.2, -0.15) is 4.31 Å². The van der Waals surface area contributed by atoms with Gasteiger partial charge in [-0.3, -0.25) is 4.79 Å². The summed E-state index contributed by atoms with van der Waals surface area (Å²) in [6.45, 7) is 2.82. The molecule has 1 aromatic heterocycles. The number of halogens is 1. The molecule has 2 atom stereocenters. The lowest BCUT2D eigenvalue weighted by Gasteiger charge is -2.29. The zero-order valence-corrected chi connectivity index (χ0v) is 20.0. The Morgan fingerprint density at radius 3 is 2.47 bits per heavy atom. The van der Waals surface area contributed by atoms with Crippen LogP contribution in [-0.2, 0) is 19.6 Å². The van der Waals surface area contributed by atoms with E-state index < -0.39 is 21.5 Å². The summed E-state index contributed by atoms with van der Waals surface area (Å²) in [6, 6.07) is 11.8. The first kappa shape index (κ1) is 23.1. The lowest BCUT2D eigenvalue weighted by Crippen LogP contribution is -2.36. The Morgan fingerprint density at radius 2 is 1.75 bits per heavy atom. The highest BCUT2D eigenvalue weighted by molar-refractivity contribution is 7.89. The second-order valence-electron chi connectivity index (χ2n) is 9.38. The molecular weight excluding hydrogens is 489 g/mol. The minimum absolute atomic E-state index is 0.0734. The van der Waals surface area contributed by atoms with E-state index >= 15 is 0 Å². The molecule has 3 aliphatic rings. The number of anilines is 2. The molecular formula is C25H24FN3O6S. The van der Waals surface area contributed by atoms with Crippen LogP contribution >= 0.6 is 0 Å². The SMILES string of the molecule is O=C(Nc1ccc(N2CCOCC2)c(F)c1)C1C2CN(S(=O)(=O)c3ccc4oc(=O)ccc4c3)CC21. The summed E-state index contributed by atoms with van der Waals surface area (Å²) in [6.07, 6.45) is 0. The molecule has 36 heavy (non-hydrogen) atoms. The molecule has 3 fully saturated rings. The Kier molecular flexibility index (Phi) is 5.58. The number of fused-ring (bicyclic) bond motifs is 2. The van der Waals surface area contributed by atoms with Gasteiger partial charge >= 0.3 is 5.63 Å². The molecule has 1 saturated carbocycles. The third-order valence-electron chi connectivity index (χ3n) is 7.26. The Hall–Kier alpha value is -3.28. The van der Waals surface area contributed by atoms with Crippen LogP contribution in [0.25, 0.3) is 11.0 Å². The molecule has 188 valence electrons. The van der Waals surface area contributed by atoms with Crippen LogP contribution in [0.15, 0.2) is 62.6 Å². The number of hydrogen-bond donors (Lipinski definition) is 1. The standard InChI is InChI=1S/C25H24FN3O6S/c26-20-12-16(2-4-21(20)28-7-9-34-10-8-28)27-25(31)24-18-13-29(14-19(18)24)36(32,33)17-3-5-22-15(11-17)1-6-23(30)35-22/h1-6,11-12,18-19,24H,7-10,13-14H2,(H,27,31). The lowest BCUT2D eigenvalue weighted by molar-refractivity contribution is -0.118. The van der Waals surface area contributed by atoms with Crippen molar-refractivity contribution < 1.29 is 26.8 Å². The summed E-state index contributed by atoms with van der Waals surface area (Å²) < 4.78 is 52.8. The Balaban J connectivity index is 1.10. The first-order valence-corrected chi connectivity index (χ1v) is 13.2. The molecule has 9 nitrogen and oxygen atoms in total. The van der Waals surface area contributed by atoms with Gasteiger partial charge in [-0.15, -0.1) is 0 Å². The number of rotatable bonds is 5. The minimum atomic E-state index is -3.75. The summed E-state index contributed by atoms with van der Waals surface area (Å²) >= 11 is 0. The minimum Gasteiger partial charge on any atom is -0.423 e. The molecule has 1 aliphatic carbocycles. The first-order valence-electron chi connectivity index (χ1n) is 11.8. The van der Waals surface area contributed by atoms with Crippen molar-refractivity contribution in [2.45, 2.75) is 4.90 Å². The third kappa shape index (κ3) is 4.06. The smallest absolute Gasteiger partial charge is 0.336 e. The van der Waals surface area contributed by atoms with Crippen LogP contribution < -0.4 is 15.8 Å². The number of benzene rings is 2. The molecule has 2 aliphatic heterocycles. The van der Waals surface area contributed by atoms with E-state index in [-0.39, 0.29) is 41.6 Å². The number of morpholine rings is 1. The topological polar surface area (TPSA) is 109 Å². The van der Waals surface area contributed by atoms with Crippen LogP contribution in [0.1, 0.15) is 0 Å². The van der Waals surface area contributed by atoms with Gasteiger partial charge in [0.15, 0.2) is 0 Å². The number of piperidine rings is 1. The van der Waals surface area contributed by atoms with Crippen LogP contribution in [-0.4, -0.2) is 58.0 Å². The van der Waals surface area contributed by atoms with Gasteiger partial charge in [0.1, 0.15) is 11.4 Å². The molecule has 0 bridgehead atoms. The van der Waals surface area contributed by atoms with E-state index in [1.807, 2.05) is 4.90 Å². The van der Waals surface area contributed by atoms with Gasteiger partial charge in [0, 0.05) is 49.2 Å². The van der Waals surface area contributed by atoms with Crippen LogP contribution in [0.3, 0.4) is 0 Å². The predicted molar refractivity (Wildman–Crippen MR) is 130 cm³/mol. The second kappa shape index (κ2) is 8.68. The summed E-state index contributed by atoms with van der Waals surface area (Å²) in [5.41, 5.74) is 0.678. The maximum Gasteiger partial charge on any atom is 0.336 e. The van der Waals surface area contributed by atoms with Gasteiger partial charge in [-0.25, -0.2) is 17.6 Å². The van der Waals surface area contributed by atoms with E-state index in [4.69, 9.17) is 9.15 Å². The Morgan fingerprint density at radius 1 is 1.00 bits per heavy atom. The third-order valence-corrected chi connectivity index (χ3v) is 9.09. The Labute approximate surface area is 206 Å². The summed E-state index contributed by atoms with van der Waals surface area (Å²) in [5.74, 6) is -1.07. The number of nitrogens with one attached hydrogen (secondary N) is 1. The fraction of sp³-hybridized carbons (Fsp3) is 0.360. The zero-order chi connectivity index (χ0) is 25.0.